The largest absolute Gasteiger partial charge is 0.505 e. The fourth-order valence-electron chi connectivity index (χ4n) is 5.11. The summed E-state index contributed by atoms with van der Waals surface area (Å²) in [4.78, 5) is 17.9. The summed E-state index contributed by atoms with van der Waals surface area (Å²) in [6, 6.07) is 9.60. The lowest BCUT2D eigenvalue weighted by atomic mass is 9.80. The van der Waals surface area contributed by atoms with E-state index in [0.29, 0.717) is 5.56 Å². The maximum absolute atomic E-state index is 13.3. The molecule has 0 bridgehead atoms. The number of carbonyl (C=O) groups is 1. The Hall–Kier alpha value is -2.60. The van der Waals surface area contributed by atoms with Gasteiger partial charge in [-0.15, -0.1) is 6.58 Å². The molecule has 1 aromatic heterocycles. The number of aromatic nitrogens is 1. The summed E-state index contributed by atoms with van der Waals surface area (Å²) < 4.78 is 0. The van der Waals surface area contributed by atoms with Crippen molar-refractivity contribution >= 4 is 45.6 Å². The number of halogens is 2. The summed E-state index contributed by atoms with van der Waals surface area (Å²) in [5.74, 6) is 0.137. The highest BCUT2D eigenvalue weighted by Gasteiger charge is 2.34. The van der Waals surface area contributed by atoms with Crippen LogP contribution in [-0.4, -0.2) is 34.0 Å². The lowest BCUT2D eigenvalue weighted by molar-refractivity contribution is 0.0968. The van der Waals surface area contributed by atoms with Gasteiger partial charge in [0.1, 0.15) is 0 Å². The highest BCUT2D eigenvalue weighted by Crippen LogP contribution is 2.41. The van der Waals surface area contributed by atoms with E-state index in [1.165, 1.54) is 0 Å². The number of pyridine rings is 1. The van der Waals surface area contributed by atoms with Gasteiger partial charge < -0.3 is 15.7 Å². The minimum Gasteiger partial charge on any atom is -0.505 e. The molecule has 0 spiro atoms. The Kier molecular flexibility index (Phi) is 6.99. The molecule has 188 valence electrons. The summed E-state index contributed by atoms with van der Waals surface area (Å²) in [7, 11) is 0. The number of rotatable bonds is 8. The zero-order valence-electron chi connectivity index (χ0n) is 20.4. The van der Waals surface area contributed by atoms with Gasteiger partial charge in [0, 0.05) is 35.6 Å². The van der Waals surface area contributed by atoms with Crippen molar-refractivity contribution in [1.29, 1.82) is 0 Å². The number of anilines is 1. The average molecular weight is 524 g/mol. The normalized spacial score (nSPS) is 21.9. The van der Waals surface area contributed by atoms with E-state index in [-0.39, 0.29) is 39.1 Å². The van der Waals surface area contributed by atoms with Crippen LogP contribution in [0.25, 0.3) is 22.0 Å². The molecule has 2 aromatic carbocycles. The van der Waals surface area contributed by atoms with Crippen LogP contribution in [-0.2, 0) is 0 Å². The molecule has 0 aliphatic heterocycles. The molecule has 0 saturated heterocycles. The zero-order valence-corrected chi connectivity index (χ0v) is 21.9. The Morgan fingerprint density at radius 2 is 1.83 bits per heavy atom. The molecule has 3 aromatic rings. The maximum atomic E-state index is 13.3. The predicted octanol–water partition coefficient (Wildman–Crippen LogP) is 7.40. The Bertz CT molecular complexity index is 1300. The molecule has 0 unspecified atom stereocenters. The molecule has 0 amide bonds. The number of nitrogens with zero attached hydrogens (tertiary/aromatic N) is 1. The van der Waals surface area contributed by atoms with Gasteiger partial charge in [-0.25, -0.2) is 0 Å². The minimum absolute atomic E-state index is 0.0976. The fourth-order valence-corrected chi connectivity index (χ4v) is 5.60. The van der Waals surface area contributed by atoms with Gasteiger partial charge in [0.05, 0.1) is 26.8 Å². The van der Waals surface area contributed by atoms with Crippen LogP contribution < -0.4 is 10.6 Å². The standard InChI is InChI=1S/C29H31Cl2N3O2/c1-3-12-33-29(2)10-8-20(9-11-29)34-26-21-13-18(19-14-23(30)28(36)24(31)15-19)6-7-25(21)32-16-22(26)27(35)17-4-5-17/h3,6-7,13-17,20,33,36H,1,4-5,8-12H2,2H3,(H,32,34). The maximum Gasteiger partial charge on any atom is 0.169 e. The van der Waals surface area contributed by atoms with E-state index < -0.39 is 0 Å². The third kappa shape index (κ3) is 5.10. The van der Waals surface area contributed by atoms with Crippen LogP contribution in [0, 0.1) is 5.92 Å². The number of phenols is 1. The van der Waals surface area contributed by atoms with Crippen LogP contribution in [0.1, 0.15) is 55.8 Å². The molecule has 5 nitrogen and oxygen atoms in total. The van der Waals surface area contributed by atoms with Crippen LogP contribution in [0.3, 0.4) is 0 Å². The van der Waals surface area contributed by atoms with Gasteiger partial charge in [0.15, 0.2) is 11.5 Å². The van der Waals surface area contributed by atoms with Gasteiger partial charge in [-0.2, -0.15) is 0 Å². The van der Waals surface area contributed by atoms with Crippen molar-refractivity contribution in [3.8, 4) is 16.9 Å². The van der Waals surface area contributed by atoms with Crippen LogP contribution in [0.4, 0.5) is 5.69 Å². The topological polar surface area (TPSA) is 74.2 Å². The van der Waals surface area contributed by atoms with Crippen molar-refractivity contribution in [3.05, 3.63) is 64.8 Å². The number of benzene rings is 2. The molecule has 2 aliphatic carbocycles. The molecule has 5 rings (SSSR count). The van der Waals surface area contributed by atoms with Crippen molar-refractivity contribution in [3.63, 3.8) is 0 Å². The fraction of sp³-hybridized carbons (Fsp3) is 0.379. The molecule has 2 fully saturated rings. The number of ketones is 1. The van der Waals surface area contributed by atoms with Crippen molar-refractivity contribution < 1.29 is 9.90 Å². The Balaban J connectivity index is 1.52. The van der Waals surface area contributed by atoms with Gasteiger partial charge in [-0.3, -0.25) is 9.78 Å². The van der Waals surface area contributed by atoms with Crippen LogP contribution in [0.15, 0.2) is 49.2 Å². The van der Waals surface area contributed by atoms with E-state index in [1.807, 2.05) is 24.3 Å². The number of Topliss-reactive ketones (excluding diaryl/α,β-unsaturated/α-hetero) is 1. The summed E-state index contributed by atoms with van der Waals surface area (Å²) >= 11 is 12.4. The van der Waals surface area contributed by atoms with E-state index >= 15 is 0 Å². The van der Waals surface area contributed by atoms with Gasteiger partial charge in [-0.05, 0) is 80.8 Å². The van der Waals surface area contributed by atoms with Crippen molar-refractivity contribution in [2.24, 2.45) is 5.92 Å². The van der Waals surface area contributed by atoms with E-state index in [2.05, 4.69) is 29.1 Å². The molecule has 3 N–H and O–H groups in total. The number of carbonyl (C=O) groups excluding carboxylic acids is 1. The summed E-state index contributed by atoms with van der Waals surface area (Å²) in [5.41, 5.74) is 4.12. The third-order valence-electron chi connectivity index (χ3n) is 7.54. The second-order valence-corrected chi connectivity index (χ2v) is 11.2. The van der Waals surface area contributed by atoms with Crippen molar-refractivity contribution in [2.75, 3.05) is 11.9 Å². The molecular formula is C29H31Cl2N3O2. The first-order valence-electron chi connectivity index (χ1n) is 12.6. The quantitative estimate of drug-likeness (QED) is 0.212. The Morgan fingerprint density at radius 3 is 2.47 bits per heavy atom. The number of fused-ring (bicyclic) bond motifs is 1. The Morgan fingerprint density at radius 1 is 1.14 bits per heavy atom. The lowest BCUT2D eigenvalue weighted by Crippen LogP contribution is -2.47. The number of nitrogens with one attached hydrogen (secondary N) is 2. The molecule has 2 aliphatic rings. The Labute approximate surface area is 221 Å². The molecule has 2 saturated carbocycles. The van der Waals surface area contributed by atoms with Crippen molar-refractivity contribution in [2.45, 2.75) is 57.0 Å². The summed E-state index contributed by atoms with van der Waals surface area (Å²) in [6.07, 6.45) is 9.62. The number of aromatic hydroxyl groups is 1. The van der Waals surface area contributed by atoms with Crippen LogP contribution in [0.5, 0.6) is 5.75 Å². The second-order valence-electron chi connectivity index (χ2n) is 10.4. The van der Waals surface area contributed by atoms with Crippen LogP contribution in [0.2, 0.25) is 10.0 Å². The molecule has 7 heteroatoms. The smallest absolute Gasteiger partial charge is 0.169 e. The lowest BCUT2D eigenvalue weighted by Gasteiger charge is -2.39. The molecule has 0 radical (unpaired) electrons. The molecule has 36 heavy (non-hydrogen) atoms. The number of phenolic OH excluding ortho intramolecular Hbond substituents is 1. The van der Waals surface area contributed by atoms with Gasteiger partial charge in [0.25, 0.3) is 0 Å². The first kappa shape index (κ1) is 25.1. The molecule has 0 atom stereocenters. The zero-order chi connectivity index (χ0) is 25.4. The summed E-state index contributed by atoms with van der Waals surface area (Å²) in [5, 5.41) is 18.6. The van der Waals surface area contributed by atoms with Crippen molar-refractivity contribution in [1.82, 2.24) is 10.3 Å². The minimum atomic E-state index is -0.129. The highest BCUT2D eigenvalue weighted by molar-refractivity contribution is 6.37. The van der Waals surface area contributed by atoms with Crippen LogP contribution >= 0.6 is 23.2 Å². The summed E-state index contributed by atoms with van der Waals surface area (Å²) in [6.45, 7) is 6.90. The van der Waals surface area contributed by atoms with Gasteiger partial charge in [-0.1, -0.05) is 35.3 Å². The monoisotopic (exact) mass is 523 g/mol. The van der Waals surface area contributed by atoms with E-state index in [4.69, 9.17) is 23.2 Å². The second kappa shape index (κ2) is 10.0. The highest BCUT2D eigenvalue weighted by atomic mass is 35.5. The molecular weight excluding hydrogens is 493 g/mol. The first-order valence-corrected chi connectivity index (χ1v) is 13.3. The number of hydrogen-bond donors (Lipinski definition) is 3. The number of hydrogen-bond acceptors (Lipinski definition) is 5. The van der Waals surface area contributed by atoms with Gasteiger partial charge >= 0.3 is 0 Å². The SMILES string of the molecule is C=CCNC1(C)CCC(Nc2c(C(=O)C3CC3)cnc3ccc(-c4cc(Cl)c(O)c(Cl)c4)cc23)CC1. The van der Waals surface area contributed by atoms with Gasteiger partial charge in [0.2, 0.25) is 0 Å². The van der Waals surface area contributed by atoms with E-state index in [0.717, 1.165) is 72.8 Å². The third-order valence-corrected chi connectivity index (χ3v) is 8.12. The van der Waals surface area contributed by atoms with E-state index in [1.54, 1.807) is 18.3 Å². The average Bonchev–Trinajstić information content (AvgIpc) is 3.72. The molecule has 1 heterocycles. The van der Waals surface area contributed by atoms with E-state index in [9.17, 15) is 9.90 Å². The first-order chi connectivity index (χ1) is 17.3. The predicted molar refractivity (Wildman–Crippen MR) is 148 cm³/mol.